The van der Waals surface area contributed by atoms with Gasteiger partial charge in [-0.25, -0.2) is 4.79 Å². The normalized spacial score (nSPS) is 13.7. The second kappa shape index (κ2) is 12.9. The monoisotopic (exact) mass is 489 g/mol. The lowest BCUT2D eigenvalue weighted by Crippen LogP contribution is -2.60. The van der Waals surface area contributed by atoms with Crippen LogP contribution >= 0.6 is 0 Å². The van der Waals surface area contributed by atoms with Gasteiger partial charge in [0, 0.05) is 12.1 Å². The molecule has 0 fully saturated rings. The van der Waals surface area contributed by atoms with Crippen molar-refractivity contribution in [2.24, 2.45) is 5.92 Å². The van der Waals surface area contributed by atoms with Crippen LogP contribution in [0.25, 0.3) is 0 Å². The largest absolute Gasteiger partial charge is 0.444 e. The molecule has 0 radical (unpaired) electrons. The number of carbonyl (C=O) groups excluding carboxylic acids is 3. The fourth-order valence-electron chi connectivity index (χ4n) is 3.92. The number of alkyl carbamates (subject to hydrolysis) is 1. The van der Waals surface area contributed by atoms with Crippen LogP contribution in [-0.2, 0) is 14.3 Å². The Morgan fingerprint density at radius 1 is 1.00 bits per heavy atom. The van der Waals surface area contributed by atoms with Gasteiger partial charge < -0.3 is 20.3 Å². The number of amides is 3. The lowest BCUT2D eigenvalue weighted by molar-refractivity contribution is -0.149. The summed E-state index contributed by atoms with van der Waals surface area (Å²) in [5, 5.41) is 5.81. The molecular formula is C28H47N3O4. The van der Waals surface area contributed by atoms with Crippen LogP contribution in [0.2, 0.25) is 0 Å². The van der Waals surface area contributed by atoms with Gasteiger partial charge in [0.05, 0.1) is 0 Å². The summed E-state index contributed by atoms with van der Waals surface area (Å²) in [6, 6.07) is 5.93. The van der Waals surface area contributed by atoms with Gasteiger partial charge in [0.2, 0.25) is 11.8 Å². The topological polar surface area (TPSA) is 87.7 Å². The number of hydrogen-bond acceptors (Lipinski definition) is 4. The van der Waals surface area contributed by atoms with Crippen LogP contribution in [0.5, 0.6) is 0 Å². The second-order valence-corrected chi connectivity index (χ2v) is 11.5. The molecule has 0 heterocycles. The van der Waals surface area contributed by atoms with Crippen LogP contribution < -0.4 is 10.6 Å². The van der Waals surface area contributed by atoms with Gasteiger partial charge in [0.15, 0.2) is 0 Å². The van der Waals surface area contributed by atoms with Crippen molar-refractivity contribution >= 4 is 17.9 Å². The summed E-state index contributed by atoms with van der Waals surface area (Å²) in [5.41, 5.74) is 0.293. The van der Waals surface area contributed by atoms with Gasteiger partial charge in [-0.05, 0) is 71.9 Å². The molecule has 1 aromatic rings. The van der Waals surface area contributed by atoms with Crippen LogP contribution in [0.4, 0.5) is 4.79 Å². The Bertz CT molecular complexity index is 852. The molecule has 2 N–H and O–H groups in total. The maximum atomic E-state index is 14.1. The molecular weight excluding hydrogens is 442 g/mol. The SMILES string of the molecule is CCCCCNC(=O)C(c1ccccc1C)N(C(=O)C(NC(=O)OC(C)(C)C)C(C)C)C(C)(C)C. The Morgan fingerprint density at radius 2 is 1.60 bits per heavy atom. The third kappa shape index (κ3) is 9.54. The molecule has 0 bridgehead atoms. The number of ether oxygens (including phenoxy) is 1. The first-order valence-corrected chi connectivity index (χ1v) is 12.8. The summed E-state index contributed by atoms with van der Waals surface area (Å²) >= 11 is 0. The van der Waals surface area contributed by atoms with E-state index in [2.05, 4.69) is 17.6 Å². The molecule has 1 aromatic carbocycles. The van der Waals surface area contributed by atoms with Crippen molar-refractivity contribution in [3.8, 4) is 0 Å². The number of carbonyl (C=O) groups is 3. The van der Waals surface area contributed by atoms with Gasteiger partial charge in [-0.15, -0.1) is 0 Å². The number of benzene rings is 1. The van der Waals surface area contributed by atoms with Gasteiger partial charge in [-0.1, -0.05) is 57.9 Å². The molecule has 0 aliphatic rings. The van der Waals surface area contributed by atoms with Gasteiger partial charge >= 0.3 is 6.09 Å². The van der Waals surface area contributed by atoms with Crippen molar-refractivity contribution in [2.45, 2.75) is 112 Å². The van der Waals surface area contributed by atoms with E-state index in [1.807, 2.05) is 65.8 Å². The van der Waals surface area contributed by atoms with Crippen LogP contribution in [0, 0.1) is 12.8 Å². The molecule has 35 heavy (non-hydrogen) atoms. The number of rotatable bonds is 10. The molecule has 2 unspecified atom stereocenters. The van der Waals surface area contributed by atoms with Crippen molar-refractivity contribution in [3.63, 3.8) is 0 Å². The zero-order chi connectivity index (χ0) is 27.0. The predicted octanol–water partition coefficient (Wildman–Crippen LogP) is 5.52. The standard InChI is InChI=1S/C28H47N3O4/c1-11-12-15-18-29-24(32)23(21-17-14-13-16-20(21)4)31(27(5,6)7)25(33)22(19(2)3)30-26(34)35-28(8,9)10/h13-14,16-17,19,22-23H,11-12,15,18H2,1-10H3,(H,29,32)(H,30,34). The lowest BCUT2D eigenvalue weighted by Gasteiger charge is -2.44. The molecule has 7 heteroatoms. The molecule has 198 valence electrons. The molecule has 7 nitrogen and oxygen atoms in total. The average Bonchev–Trinajstić information content (AvgIpc) is 2.71. The fourth-order valence-corrected chi connectivity index (χ4v) is 3.92. The minimum absolute atomic E-state index is 0.218. The van der Waals surface area contributed by atoms with Crippen molar-refractivity contribution in [2.75, 3.05) is 6.54 Å². The van der Waals surface area contributed by atoms with Crippen molar-refractivity contribution in [3.05, 3.63) is 35.4 Å². The van der Waals surface area contributed by atoms with Gasteiger partial charge in [0.1, 0.15) is 17.7 Å². The van der Waals surface area contributed by atoms with Crippen molar-refractivity contribution in [1.29, 1.82) is 0 Å². The van der Waals surface area contributed by atoms with E-state index in [1.54, 1.807) is 25.7 Å². The summed E-state index contributed by atoms with van der Waals surface area (Å²) in [6.45, 7) is 19.4. The average molecular weight is 490 g/mol. The van der Waals surface area contributed by atoms with E-state index in [4.69, 9.17) is 4.74 Å². The molecule has 0 aliphatic carbocycles. The van der Waals surface area contributed by atoms with Gasteiger partial charge in [0.25, 0.3) is 0 Å². The van der Waals surface area contributed by atoms with E-state index in [-0.39, 0.29) is 17.7 Å². The molecule has 2 atom stereocenters. The fraction of sp³-hybridized carbons (Fsp3) is 0.679. The van der Waals surface area contributed by atoms with E-state index in [9.17, 15) is 14.4 Å². The number of hydrogen-bond donors (Lipinski definition) is 2. The Balaban J connectivity index is 3.48. The van der Waals surface area contributed by atoms with E-state index in [1.165, 1.54) is 0 Å². The smallest absolute Gasteiger partial charge is 0.408 e. The Hall–Kier alpha value is -2.57. The zero-order valence-electron chi connectivity index (χ0n) is 23.5. The van der Waals surface area contributed by atoms with E-state index < -0.39 is 29.3 Å². The summed E-state index contributed by atoms with van der Waals surface area (Å²) in [7, 11) is 0. The maximum Gasteiger partial charge on any atom is 0.408 e. The van der Waals surface area contributed by atoms with Crippen LogP contribution in [0.15, 0.2) is 24.3 Å². The highest BCUT2D eigenvalue weighted by Gasteiger charge is 2.43. The molecule has 0 saturated heterocycles. The van der Waals surface area contributed by atoms with Crippen LogP contribution in [0.3, 0.4) is 0 Å². The minimum Gasteiger partial charge on any atom is -0.444 e. The zero-order valence-corrected chi connectivity index (χ0v) is 23.5. The summed E-state index contributed by atoms with van der Waals surface area (Å²) in [6.07, 6.45) is 2.29. The summed E-state index contributed by atoms with van der Waals surface area (Å²) in [5.74, 6) is -0.765. The first-order valence-electron chi connectivity index (χ1n) is 12.8. The second-order valence-electron chi connectivity index (χ2n) is 11.5. The summed E-state index contributed by atoms with van der Waals surface area (Å²) in [4.78, 5) is 42.0. The van der Waals surface area contributed by atoms with E-state index >= 15 is 0 Å². The van der Waals surface area contributed by atoms with Gasteiger partial charge in [-0.2, -0.15) is 0 Å². The van der Waals surface area contributed by atoms with Crippen molar-refractivity contribution < 1.29 is 19.1 Å². The third-order valence-electron chi connectivity index (χ3n) is 5.63. The summed E-state index contributed by atoms with van der Waals surface area (Å²) < 4.78 is 5.42. The molecule has 0 aliphatic heterocycles. The Morgan fingerprint density at radius 3 is 2.09 bits per heavy atom. The number of unbranched alkanes of at least 4 members (excludes halogenated alkanes) is 2. The highest BCUT2D eigenvalue weighted by molar-refractivity contribution is 5.93. The Kier molecular flexibility index (Phi) is 11.3. The highest BCUT2D eigenvalue weighted by atomic mass is 16.6. The minimum atomic E-state index is -0.858. The third-order valence-corrected chi connectivity index (χ3v) is 5.63. The van der Waals surface area contributed by atoms with Crippen LogP contribution in [-0.4, -0.2) is 46.5 Å². The van der Waals surface area contributed by atoms with E-state index in [0.29, 0.717) is 6.54 Å². The molecule has 0 saturated carbocycles. The number of nitrogens with zero attached hydrogens (tertiary/aromatic N) is 1. The van der Waals surface area contributed by atoms with Crippen LogP contribution in [0.1, 0.15) is 98.7 Å². The van der Waals surface area contributed by atoms with Crippen molar-refractivity contribution in [1.82, 2.24) is 15.5 Å². The van der Waals surface area contributed by atoms with E-state index in [0.717, 1.165) is 30.4 Å². The Labute approximate surface area is 212 Å². The quantitative estimate of drug-likeness (QED) is 0.424. The highest BCUT2D eigenvalue weighted by Crippen LogP contribution is 2.32. The molecule has 3 amide bonds. The number of nitrogens with one attached hydrogen (secondary N) is 2. The predicted molar refractivity (Wildman–Crippen MR) is 141 cm³/mol. The lowest BCUT2D eigenvalue weighted by atomic mass is 9.91. The number of aryl methyl sites for hydroxylation is 1. The molecule has 0 spiro atoms. The first kappa shape index (κ1) is 30.5. The maximum absolute atomic E-state index is 14.1. The first-order chi connectivity index (χ1) is 16.1. The molecule has 0 aromatic heterocycles. The van der Waals surface area contributed by atoms with Gasteiger partial charge in [-0.3, -0.25) is 9.59 Å². The molecule has 1 rings (SSSR count).